The van der Waals surface area contributed by atoms with E-state index in [0.29, 0.717) is 6.04 Å². The van der Waals surface area contributed by atoms with Gasteiger partial charge in [-0.3, -0.25) is 0 Å². The summed E-state index contributed by atoms with van der Waals surface area (Å²) in [5.74, 6) is 2.91. The molecule has 0 aromatic heterocycles. The molecule has 0 heterocycles. The lowest BCUT2D eigenvalue weighted by molar-refractivity contribution is 0.510. The minimum Gasteiger partial charge on any atom is -0.381 e. The topological polar surface area (TPSA) is 24.1 Å². The average Bonchev–Trinajstić information content (AvgIpc) is 3.51. The van der Waals surface area contributed by atoms with Crippen LogP contribution in [0, 0.1) is 30.1 Å². The van der Waals surface area contributed by atoms with Gasteiger partial charge >= 0.3 is 0 Å². The highest BCUT2D eigenvalue weighted by Crippen LogP contribution is 2.50. The van der Waals surface area contributed by atoms with Gasteiger partial charge in [-0.1, -0.05) is 63.6 Å². The Bertz CT molecular complexity index is 977. The normalized spacial score (nSPS) is 20.3. The van der Waals surface area contributed by atoms with Crippen molar-refractivity contribution in [2.45, 2.75) is 65.8 Å². The molecule has 2 aliphatic rings. The van der Waals surface area contributed by atoms with Crippen molar-refractivity contribution in [1.82, 2.24) is 10.6 Å². The Morgan fingerprint density at radius 1 is 1.29 bits per heavy atom. The van der Waals surface area contributed by atoms with Gasteiger partial charge < -0.3 is 10.6 Å². The van der Waals surface area contributed by atoms with E-state index in [-0.39, 0.29) is 10.8 Å². The van der Waals surface area contributed by atoms with Crippen LogP contribution in [0.2, 0.25) is 5.02 Å². The Labute approximate surface area is 193 Å². The van der Waals surface area contributed by atoms with Gasteiger partial charge in [0, 0.05) is 33.7 Å². The zero-order valence-electron chi connectivity index (χ0n) is 19.4. The Hall–Kier alpha value is -2.37. The summed E-state index contributed by atoms with van der Waals surface area (Å²) in [4.78, 5) is 0. The zero-order valence-corrected chi connectivity index (χ0v) is 20.1. The summed E-state index contributed by atoms with van der Waals surface area (Å²) in [6.45, 7) is 17.2. The van der Waals surface area contributed by atoms with Crippen LogP contribution in [-0.2, 0) is 0 Å². The molecule has 31 heavy (non-hydrogen) atoms. The van der Waals surface area contributed by atoms with Crippen molar-refractivity contribution in [3.05, 3.63) is 76.6 Å². The second kappa shape index (κ2) is 9.01. The lowest BCUT2D eigenvalue weighted by Gasteiger charge is -2.29. The maximum absolute atomic E-state index is 6.33. The highest BCUT2D eigenvalue weighted by atomic mass is 35.5. The van der Waals surface area contributed by atoms with Gasteiger partial charge in [0.15, 0.2) is 0 Å². The monoisotopic (exact) mass is 434 g/mol. The van der Waals surface area contributed by atoms with E-state index in [0.717, 1.165) is 59.7 Å². The van der Waals surface area contributed by atoms with Gasteiger partial charge in [0.1, 0.15) is 0 Å². The molecule has 1 saturated carbocycles. The van der Waals surface area contributed by atoms with Gasteiger partial charge in [0.05, 0.1) is 5.41 Å². The van der Waals surface area contributed by atoms with Crippen LogP contribution in [0.25, 0.3) is 5.70 Å². The van der Waals surface area contributed by atoms with Crippen LogP contribution in [0.5, 0.6) is 0 Å². The number of allylic oxidation sites excluding steroid dienone is 4. The lowest BCUT2D eigenvalue weighted by atomic mass is 9.86. The Balaban J connectivity index is 1.75. The lowest BCUT2D eigenvalue weighted by Crippen LogP contribution is -2.32. The molecule has 3 rings (SSSR count). The summed E-state index contributed by atoms with van der Waals surface area (Å²) in [6, 6.07) is 6.39. The maximum Gasteiger partial charge on any atom is 0.0705 e. The van der Waals surface area contributed by atoms with Crippen molar-refractivity contribution >= 4 is 17.3 Å². The van der Waals surface area contributed by atoms with Crippen LogP contribution in [0.1, 0.15) is 64.0 Å². The number of terminal acetylenes is 1. The molecule has 1 atom stereocenters. The molecule has 0 bridgehead atoms. The van der Waals surface area contributed by atoms with Gasteiger partial charge in [-0.15, -0.1) is 6.42 Å². The standard InChI is InChI=1S/C28H35ClN2/c1-8-28(15-16-28)21(4)30-23-11-13-24(14-12-23)31-26(17-20(3)27(5,6)7)25-18-22(29)10-9-19(25)2/h1,9-11,17-18,24,30-31H,3-4,12-16H2,2,5-7H3/b26-17+. The first-order valence-corrected chi connectivity index (χ1v) is 11.5. The Morgan fingerprint density at radius 2 is 2.00 bits per heavy atom. The third-order valence-electron chi connectivity index (χ3n) is 6.46. The van der Waals surface area contributed by atoms with Crippen molar-refractivity contribution in [2.75, 3.05) is 0 Å². The van der Waals surface area contributed by atoms with Crippen LogP contribution in [0.4, 0.5) is 0 Å². The fourth-order valence-corrected chi connectivity index (χ4v) is 3.91. The Kier molecular flexibility index (Phi) is 6.77. The maximum atomic E-state index is 6.33. The fraction of sp³-hybridized carbons (Fsp3) is 0.429. The van der Waals surface area contributed by atoms with E-state index < -0.39 is 0 Å². The predicted molar refractivity (Wildman–Crippen MR) is 134 cm³/mol. The van der Waals surface area contributed by atoms with E-state index in [9.17, 15) is 0 Å². The van der Waals surface area contributed by atoms with Crippen molar-refractivity contribution in [3.63, 3.8) is 0 Å². The number of halogens is 1. The van der Waals surface area contributed by atoms with Crippen LogP contribution >= 0.6 is 11.6 Å². The summed E-state index contributed by atoms with van der Waals surface area (Å²) in [6.07, 6.45) is 15.2. The summed E-state index contributed by atoms with van der Waals surface area (Å²) in [7, 11) is 0. The predicted octanol–water partition coefficient (Wildman–Crippen LogP) is 7.13. The largest absolute Gasteiger partial charge is 0.381 e. The number of nitrogens with one attached hydrogen (secondary N) is 2. The second-order valence-corrected chi connectivity index (χ2v) is 10.4. The van der Waals surface area contributed by atoms with E-state index >= 15 is 0 Å². The molecule has 1 aromatic carbocycles. The van der Waals surface area contributed by atoms with Crippen molar-refractivity contribution < 1.29 is 0 Å². The molecule has 3 heteroatoms. The summed E-state index contributed by atoms with van der Waals surface area (Å²) < 4.78 is 0. The highest BCUT2D eigenvalue weighted by Gasteiger charge is 2.44. The van der Waals surface area contributed by atoms with Crippen LogP contribution < -0.4 is 10.6 Å². The third-order valence-corrected chi connectivity index (χ3v) is 6.69. The van der Waals surface area contributed by atoms with E-state index in [1.165, 1.54) is 11.3 Å². The molecule has 0 spiro atoms. The molecule has 2 nitrogen and oxygen atoms in total. The second-order valence-electron chi connectivity index (χ2n) is 9.97. The smallest absolute Gasteiger partial charge is 0.0705 e. The fourth-order valence-electron chi connectivity index (χ4n) is 3.74. The summed E-state index contributed by atoms with van der Waals surface area (Å²) in [5, 5.41) is 8.02. The molecule has 1 fully saturated rings. The zero-order chi connectivity index (χ0) is 22.8. The van der Waals surface area contributed by atoms with Gasteiger partial charge in [0.25, 0.3) is 0 Å². The van der Waals surface area contributed by atoms with Crippen LogP contribution in [0.3, 0.4) is 0 Å². The Morgan fingerprint density at radius 3 is 2.55 bits per heavy atom. The average molecular weight is 435 g/mol. The summed E-state index contributed by atoms with van der Waals surface area (Å²) >= 11 is 6.33. The van der Waals surface area contributed by atoms with Crippen molar-refractivity contribution in [2.24, 2.45) is 10.8 Å². The third kappa shape index (κ3) is 5.66. The molecular formula is C28H35ClN2. The summed E-state index contributed by atoms with van der Waals surface area (Å²) in [5.41, 5.74) is 6.58. The van der Waals surface area contributed by atoms with E-state index in [1.54, 1.807) is 0 Å². The molecule has 0 amide bonds. The van der Waals surface area contributed by atoms with E-state index in [1.807, 2.05) is 12.1 Å². The van der Waals surface area contributed by atoms with E-state index in [2.05, 4.69) is 75.6 Å². The van der Waals surface area contributed by atoms with Crippen LogP contribution in [0.15, 0.2) is 60.5 Å². The first-order chi connectivity index (χ1) is 14.5. The van der Waals surface area contributed by atoms with Gasteiger partial charge in [-0.25, -0.2) is 0 Å². The number of rotatable bonds is 7. The quantitative estimate of drug-likeness (QED) is 0.352. The number of aryl methyl sites for hydroxylation is 1. The van der Waals surface area contributed by atoms with Crippen molar-refractivity contribution in [3.8, 4) is 12.3 Å². The number of benzene rings is 1. The molecular weight excluding hydrogens is 400 g/mol. The molecule has 0 radical (unpaired) electrons. The SMILES string of the molecule is C#CC1(C(=C)NC2=CCC(N/C(=C/C(=C)C(C)(C)C)c3cc(Cl)ccc3C)CC2)CC1. The first kappa shape index (κ1) is 23.3. The van der Waals surface area contributed by atoms with Gasteiger partial charge in [-0.05, 0) is 73.8 Å². The molecule has 1 unspecified atom stereocenters. The minimum absolute atomic E-state index is 0.000869. The highest BCUT2D eigenvalue weighted by molar-refractivity contribution is 6.30. The minimum atomic E-state index is -0.122. The number of hydrogen-bond acceptors (Lipinski definition) is 2. The van der Waals surface area contributed by atoms with Gasteiger partial charge in [0.2, 0.25) is 0 Å². The first-order valence-electron chi connectivity index (χ1n) is 11.1. The molecule has 164 valence electrons. The molecule has 2 aliphatic carbocycles. The molecule has 0 aliphatic heterocycles. The molecule has 0 saturated heterocycles. The molecule has 2 N–H and O–H groups in total. The van der Waals surface area contributed by atoms with Crippen molar-refractivity contribution in [1.29, 1.82) is 0 Å². The molecule has 1 aromatic rings. The van der Waals surface area contributed by atoms with Crippen LogP contribution in [-0.4, -0.2) is 6.04 Å². The van der Waals surface area contributed by atoms with E-state index in [4.69, 9.17) is 18.0 Å². The number of hydrogen-bond donors (Lipinski definition) is 2. The van der Waals surface area contributed by atoms with Gasteiger partial charge in [-0.2, -0.15) is 0 Å².